The van der Waals surface area contributed by atoms with Crippen LogP contribution in [0.3, 0.4) is 0 Å². The Morgan fingerprint density at radius 2 is 2.27 bits per heavy atom. The zero-order valence-electron chi connectivity index (χ0n) is 9.23. The first-order valence-corrected chi connectivity index (χ1v) is 5.13. The Morgan fingerprint density at radius 3 is 2.93 bits per heavy atom. The molecule has 1 unspecified atom stereocenters. The summed E-state index contributed by atoms with van der Waals surface area (Å²) in [4.78, 5) is 8.42. The summed E-state index contributed by atoms with van der Waals surface area (Å²) < 4.78 is 1.94. The topological polar surface area (TPSA) is 55.6 Å². The maximum Gasteiger partial charge on any atom is 0.163 e. The summed E-state index contributed by atoms with van der Waals surface area (Å²) in [5.74, 6) is 0.828. The number of nitrogens with one attached hydrogen (secondary N) is 1. The number of fused-ring (bicyclic) bond motifs is 1. The molecule has 1 N–H and O–H groups in total. The molecule has 2 rings (SSSR count). The fraction of sp³-hybridized carbons (Fsp3) is 0.500. The van der Waals surface area contributed by atoms with Crippen LogP contribution in [0.2, 0.25) is 0 Å². The number of rotatable bonds is 3. The van der Waals surface area contributed by atoms with Gasteiger partial charge >= 0.3 is 0 Å². The van der Waals surface area contributed by atoms with Crippen LogP contribution < -0.4 is 5.32 Å². The zero-order chi connectivity index (χ0) is 10.8. The van der Waals surface area contributed by atoms with E-state index in [-0.39, 0.29) is 0 Å². The van der Waals surface area contributed by atoms with Gasteiger partial charge in [-0.2, -0.15) is 5.10 Å². The summed E-state index contributed by atoms with van der Waals surface area (Å²) in [6.45, 7) is 4.27. The molecule has 0 bridgehead atoms. The van der Waals surface area contributed by atoms with Gasteiger partial charge in [0.15, 0.2) is 5.65 Å². The molecule has 80 valence electrons. The number of anilines is 1. The van der Waals surface area contributed by atoms with Crippen molar-refractivity contribution < 1.29 is 0 Å². The van der Waals surface area contributed by atoms with E-state index in [0.29, 0.717) is 6.04 Å². The molecule has 0 spiro atoms. The zero-order valence-corrected chi connectivity index (χ0v) is 9.23. The Labute approximate surface area is 88.5 Å². The van der Waals surface area contributed by atoms with E-state index in [9.17, 15) is 0 Å². The molecule has 2 aromatic rings. The third kappa shape index (κ3) is 1.54. The quantitative estimate of drug-likeness (QED) is 0.830. The Morgan fingerprint density at radius 1 is 1.47 bits per heavy atom. The van der Waals surface area contributed by atoms with Crippen LogP contribution in [0.15, 0.2) is 12.5 Å². The van der Waals surface area contributed by atoms with Gasteiger partial charge in [0.25, 0.3) is 0 Å². The molecule has 0 aliphatic rings. The van der Waals surface area contributed by atoms with Crippen LogP contribution in [-0.4, -0.2) is 26.8 Å². The van der Waals surface area contributed by atoms with Crippen LogP contribution in [0, 0.1) is 0 Å². The maximum absolute atomic E-state index is 4.35. The SMILES string of the molecule is CCC(C)n1ncc2c(NC)ncnc21. The van der Waals surface area contributed by atoms with Gasteiger partial charge in [0.2, 0.25) is 0 Å². The lowest BCUT2D eigenvalue weighted by Crippen LogP contribution is -2.06. The Balaban J connectivity index is 2.60. The van der Waals surface area contributed by atoms with E-state index >= 15 is 0 Å². The minimum absolute atomic E-state index is 0.363. The van der Waals surface area contributed by atoms with Crippen molar-refractivity contribution >= 4 is 16.9 Å². The van der Waals surface area contributed by atoms with Crippen molar-refractivity contribution in [3.8, 4) is 0 Å². The lowest BCUT2D eigenvalue weighted by atomic mass is 10.3. The molecule has 0 saturated heterocycles. The van der Waals surface area contributed by atoms with Crippen molar-refractivity contribution in [2.24, 2.45) is 0 Å². The molecule has 0 aliphatic heterocycles. The molecule has 0 amide bonds. The highest BCUT2D eigenvalue weighted by Gasteiger charge is 2.11. The molecule has 15 heavy (non-hydrogen) atoms. The van der Waals surface area contributed by atoms with Crippen molar-refractivity contribution in [3.05, 3.63) is 12.5 Å². The van der Waals surface area contributed by atoms with Crippen molar-refractivity contribution in [1.82, 2.24) is 19.7 Å². The average molecular weight is 205 g/mol. The largest absolute Gasteiger partial charge is 0.372 e. The normalized spacial score (nSPS) is 13.0. The van der Waals surface area contributed by atoms with Gasteiger partial charge in [-0.15, -0.1) is 0 Å². The first-order valence-electron chi connectivity index (χ1n) is 5.13. The summed E-state index contributed by atoms with van der Waals surface area (Å²) in [5.41, 5.74) is 0.892. The van der Waals surface area contributed by atoms with Crippen LogP contribution in [-0.2, 0) is 0 Å². The van der Waals surface area contributed by atoms with Gasteiger partial charge in [-0.3, -0.25) is 0 Å². The highest BCUT2D eigenvalue weighted by molar-refractivity contribution is 5.85. The fourth-order valence-electron chi connectivity index (χ4n) is 1.56. The first kappa shape index (κ1) is 9.89. The van der Waals surface area contributed by atoms with Gasteiger partial charge in [-0.05, 0) is 13.3 Å². The molecule has 0 aliphatic carbocycles. The van der Waals surface area contributed by atoms with E-state index in [1.807, 2.05) is 17.9 Å². The monoisotopic (exact) mass is 205 g/mol. The van der Waals surface area contributed by atoms with Crippen LogP contribution in [0.5, 0.6) is 0 Å². The van der Waals surface area contributed by atoms with E-state index in [1.54, 1.807) is 6.33 Å². The molecular formula is C10H15N5. The van der Waals surface area contributed by atoms with Gasteiger partial charge in [-0.25, -0.2) is 14.6 Å². The third-order valence-electron chi connectivity index (χ3n) is 2.64. The number of hydrogen-bond acceptors (Lipinski definition) is 4. The highest BCUT2D eigenvalue weighted by Crippen LogP contribution is 2.21. The summed E-state index contributed by atoms with van der Waals surface area (Å²) in [5, 5.41) is 8.36. The Bertz CT molecular complexity index is 462. The van der Waals surface area contributed by atoms with Crippen LogP contribution >= 0.6 is 0 Å². The average Bonchev–Trinajstić information content (AvgIpc) is 2.71. The summed E-state index contributed by atoms with van der Waals surface area (Å²) in [6, 6.07) is 0.363. The number of hydrogen-bond donors (Lipinski definition) is 1. The molecule has 1 atom stereocenters. The molecule has 5 nitrogen and oxygen atoms in total. The predicted molar refractivity (Wildman–Crippen MR) is 59.9 cm³/mol. The lowest BCUT2D eigenvalue weighted by Gasteiger charge is -2.09. The summed E-state index contributed by atoms with van der Waals surface area (Å²) >= 11 is 0. The van der Waals surface area contributed by atoms with Gasteiger partial charge in [0.1, 0.15) is 12.1 Å². The minimum atomic E-state index is 0.363. The number of aromatic nitrogens is 4. The van der Waals surface area contributed by atoms with E-state index in [0.717, 1.165) is 23.3 Å². The summed E-state index contributed by atoms with van der Waals surface area (Å²) in [6.07, 6.45) is 4.41. The molecule has 2 aromatic heterocycles. The lowest BCUT2D eigenvalue weighted by molar-refractivity contribution is 0.489. The second-order valence-corrected chi connectivity index (χ2v) is 3.56. The molecule has 0 aromatic carbocycles. The Hall–Kier alpha value is -1.65. The standard InChI is InChI=1S/C10H15N5/c1-4-7(2)15-10-8(5-14-15)9(11-3)12-6-13-10/h5-7H,4H2,1-3H3,(H,11,12,13). The van der Waals surface area contributed by atoms with Crippen molar-refractivity contribution in [3.63, 3.8) is 0 Å². The van der Waals surface area contributed by atoms with Crippen LogP contribution in [0.4, 0.5) is 5.82 Å². The van der Waals surface area contributed by atoms with E-state index in [2.05, 4.69) is 34.2 Å². The predicted octanol–water partition coefficient (Wildman–Crippen LogP) is 1.84. The molecule has 0 saturated carbocycles. The Kier molecular flexibility index (Phi) is 2.53. The van der Waals surface area contributed by atoms with Gasteiger partial charge < -0.3 is 5.32 Å². The molecule has 0 fully saturated rings. The second kappa shape index (κ2) is 3.84. The van der Waals surface area contributed by atoms with Crippen molar-refractivity contribution in [1.29, 1.82) is 0 Å². The smallest absolute Gasteiger partial charge is 0.163 e. The van der Waals surface area contributed by atoms with Crippen molar-refractivity contribution in [2.75, 3.05) is 12.4 Å². The molecular weight excluding hydrogens is 190 g/mol. The van der Waals surface area contributed by atoms with Crippen LogP contribution in [0.25, 0.3) is 11.0 Å². The second-order valence-electron chi connectivity index (χ2n) is 3.56. The first-order chi connectivity index (χ1) is 7.27. The summed E-state index contributed by atoms with van der Waals surface area (Å²) in [7, 11) is 1.85. The van der Waals surface area contributed by atoms with E-state index in [1.165, 1.54) is 0 Å². The van der Waals surface area contributed by atoms with Crippen molar-refractivity contribution in [2.45, 2.75) is 26.3 Å². The number of nitrogens with zero attached hydrogens (tertiary/aromatic N) is 4. The molecule has 0 radical (unpaired) electrons. The van der Waals surface area contributed by atoms with Gasteiger partial charge in [-0.1, -0.05) is 6.92 Å². The van der Waals surface area contributed by atoms with Crippen LogP contribution in [0.1, 0.15) is 26.3 Å². The maximum atomic E-state index is 4.35. The van der Waals surface area contributed by atoms with E-state index in [4.69, 9.17) is 0 Å². The fourth-order valence-corrected chi connectivity index (χ4v) is 1.56. The highest BCUT2D eigenvalue weighted by atomic mass is 15.3. The van der Waals surface area contributed by atoms with Gasteiger partial charge in [0.05, 0.1) is 17.6 Å². The van der Waals surface area contributed by atoms with E-state index < -0.39 is 0 Å². The minimum Gasteiger partial charge on any atom is -0.372 e. The van der Waals surface area contributed by atoms with Gasteiger partial charge in [0, 0.05) is 7.05 Å². The molecule has 5 heteroatoms. The molecule has 2 heterocycles. The third-order valence-corrected chi connectivity index (χ3v) is 2.64.